The predicted molar refractivity (Wildman–Crippen MR) is 141 cm³/mol. The first-order chi connectivity index (χ1) is 15.2. The number of ether oxygens (including phenoxy) is 2. The number of rotatable bonds is 9. The van der Waals surface area contributed by atoms with E-state index in [2.05, 4.69) is 39.9 Å². The Morgan fingerprint density at radius 3 is 2.59 bits per heavy atom. The largest absolute Gasteiger partial charge is 0.381 e. The highest BCUT2D eigenvalue weighted by Gasteiger charge is 2.14. The average molecular weight is 574 g/mol. The van der Waals surface area contributed by atoms with Gasteiger partial charge in [-0.25, -0.2) is 4.39 Å². The molecular formula is C24H33FIN3O2S. The first-order valence-corrected chi connectivity index (χ1v) is 12.0. The summed E-state index contributed by atoms with van der Waals surface area (Å²) in [4.78, 5) is 4.31. The number of nitrogens with zero attached hydrogens (tertiary/aromatic N) is 1. The van der Waals surface area contributed by atoms with Gasteiger partial charge in [0.05, 0.1) is 12.7 Å². The summed E-state index contributed by atoms with van der Waals surface area (Å²) in [7, 11) is 1.75. The van der Waals surface area contributed by atoms with Crippen LogP contribution in [0.25, 0.3) is 0 Å². The molecule has 0 radical (unpaired) electrons. The number of thioether (sulfide) groups is 1. The Hall–Kier alpha value is -1.36. The standard InChI is InChI=1S/C24H32FN3O2S.HI/c1-26-24(28-15-20-6-7-22(25)13-21(20)17-31-2)27-14-18-4-3-5-19(12-18)16-30-23-8-10-29-11-9-23;/h3-7,12-13,23H,8-11,14-17H2,1-2H3,(H2,26,27,28);1H. The van der Waals surface area contributed by atoms with E-state index in [-0.39, 0.29) is 29.8 Å². The molecule has 1 fully saturated rings. The minimum atomic E-state index is -0.198. The lowest BCUT2D eigenvalue weighted by atomic mass is 10.1. The second-order valence-corrected chi connectivity index (χ2v) is 8.43. The monoisotopic (exact) mass is 573 g/mol. The van der Waals surface area contributed by atoms with E-state index in [1.165, 1.54) is 17.2 Å². The van der Waals surface area contributed by atoms with Gasteiger partial charge < -0.3 is 20.1 Å². The molecule has 5 nitrogen and oxygen atoms in total. The van der Waals surface area contributed by atoms with Crippen molar-refractivity contribution in [3.05, 3.63) is 70.5 Å². The summed E-state index contributed by atoms with van der Waals surface area (Å²) in [5.41, 5.74) is 4.42. The van der Waals surface area contributed by atoms with Gasteiger partial charge in [0.15, 0.2) is 5.96 Å². The van der Waals surface area contributed by atoms with Crippen LogP contribution < -0.4 is 10.6 Å². The number of hydrogen-bond acceptors (Lipinski definition) is 4. The van der Waals surface area contributed by atoms with Crippen molar-refractivity contribution < 1.29 is 13.9 Å². The minimum Gasteiger partial charge on any atom is -0.381 e. The zero-order valence-corrected chi connectivity index (χ0v) is 21.9. The average Bonchev–Trinajstić information content (AvgIpc) is 2.80. The van der Waals surface area contributed by atoms with Crippen molar-refractivity contribution in [3.8, 4) is 0 Å². The van der Waals surface area contributed by atoms with Crippen LogP contribution in [0.3, 0.4) is 0 Å². The molecule has 1 aliphatic rings. The van der Waals surface area contributed by atoms with E-state index < -0.39 is 0 Å². The molecule has 176 valence electrons. The molecule has 0 aromatic heterocycles. The molecule has 3 rings (SSSR count). The molecule has 0 unspecified atom stereocenters. The zero-order valence-electron chi connectivity index (χ0n) is 18.7. The van der Waals surface area contributed by atoms with E-state index in [1.807, 2.05) is 12.3 Å². The number of nitrogens with one attached hydrogen (secondary N) is 2. The van der Waals surface area contributed by atoms with Gasteiger partial charge in [-0.3, -0.25) is 4.99 Å². The lowest BCUT2D eigenvalue weighted by Gasteiger charge is -2.22. The van der Waals surface area contributed by atoms with Gasteiger partial charge in [0.25, 0.3) is 0 Å². The summed E-state index contributed by atoms with van der Waals surface area (Å²) in [5, 5.41) is 6.68. The molecule has 1 saturated heterocycles. The van der Waals surface area contributed by atoms with Crippen molar-refractivity contribution in [1.82, 2.24) is 10.6 Å². The normalized spacial score (nSPS) is 14.7. The Morgan fingerprint density at radius 1 is 1.09 bits per heavy atom. The molecule has 2 N–H and O–H groups in total. The molecule has 0 amide bonds. The van der Waals surface area contributed by atoms with Crippen molar-refractivity contribution in [2.75, 3.05) is 26.5 Å². The fourth-order valence-corrected chi connectivity index (χ4v) is 4.11. The third-order valence-corrected chi connectivity index (χ3v) is 5.84. The first kappa shape index (κ1) is 26.9. The highest BCUT2D eigenvalue weighted by Crippen LogP contribution is 2.17. The van der Waals surface area contributed by atoms with Crippen molar-refractivity contribution in [1.29, 1.82) is 0 Å². The molecule has 32 heavy (non-hydrogen) atoms. The zero-order chi connectivity index (χ0) is 21.9. The molecule has 0 spiro atoms. The molecule has 0 atom stereocenters. The van der Waals surface area contributed by atoms with Gasteiger partial charge in [-0.05, 0) is 53.5 Å². The highest BCUT2D eigenvalue weighted by molar-refractivity contribution is 14.0. The van der Waals surface area contributed by atoms with E-state index in [1.54, 1.807) is 24.9 Å². The Kier molecular flexibility index (Phi) is 12.4. The molecule has 2 aromatic carbocycles. The van der Waals surface area contributed by atoms with Gasteiger partial charge in [0, 0.05) is 39.1 Å². The quantitative estimate of drug-likeness (QED) is 0.255. The fourth-order valence-electron chi connectivity index (χ4n) is 3.53. The summed E-state index contributed by atoms with van der Waals surface area (Å²) in [6.07, 6.45) is 4.25. The van der Waals surface area contributed by atoms with Gasteiger partial charge in [-0.15, -0.1) is 24.0 Å². The Morgan fingerprint density at radius 2 is 1.84 bits per heavy atom. The highest BCUT2D eigenvalue weighted by atomic mass is 127. The number of guanidine groups is 1. The fraction of sp³-hybridized carbons (Fsp3) is 0.458. The first-order valence-electron chi connectivity index (χ1n) is 10.7. The van der Waals surface area contributed by atoms with E-state index in [4.69, 9.17) is 9.47 Å². The minimum absolute atomic E-state index is 0. The van der Waals surface area contributed by atoms with Crippen LogP contribution in [0.15, 0.2) is 47.5 Å². The summed E-state index contributed by atoms with van der Waals surface area (Å²) in [5.74, 6) is 1.29. The smallest absolute Gasteiger partial charge is 0.191 e. The maximum absolute atomic E-state index is 13.6. The van der Waals surface area contributed by atoms with Crippen LogP contribution in [-0.2, 0) is 34.9 Å². The second-order valence-electron chi connectivity index (χ2n) is 7.57. The van der Waals surface area contributed by atoms with Crippen LogP contribution in [0.1, 0.15) is 35.1 Å². The number of benzene rings is 2. The van der Waals surface area contributed by atoms with Crippen molar-refractivity contribution in [3.63, 3.8) is 0 Å². The topological polar surface area (TPSA) is 54.9 Å². The molecular weight excluding hydrogens is 540 g/mol. The van der Waals surface area contributed by atoms with Gasteiger partial charge in [0.1, 0.15) is 5.82 Å². The van der Waals surface area contributed by atoms with E-state index in [0.29, 0.717) is 31.8 Å². The van der Waals surface area contributed by atoms with Crippen LogP contribution in [0, 0.1) is 5.82 Å². The lowest BCUT2D eigenvalue weighted by Crippen LogP contribution is -2.36. The van der Waals surface area contributed by atoms with Gasteiger partial charge in [0.2, 0.25) is 0 Å². The van der Waals surface area contributed by atoms with Crippen molar-refractivity contribution in [2.24, 2.45) is 4.99 Å². The predicted octanol–water partition coefficient (Wildman–Crippen LogP) is 4.87. The summed E-state index contributed by atoms with van der Waals surface area (Å²) >= 11 is 1.68. The number of halogens is 2. The third kappa shape index (κ3) is 8.88. The van der Waals surface area contributed by atoms with E-state index >= 15 is 0 Å². The van der Waals surface area contributed by atoms with Crippen LogP contribution in [-0.4, -0.2) is 38.6 Å². The molecule has 2 aromatic rings. The van der Waals surface area contributed by atoms with E-state index in [0.717, 1.165) is 42.9 Å². The second kappa shape index (κ2) is 14.7. The van der Waals surface area contributed by atoms with Gasteiger partial charge in [-0.1, -0.05) is 30.3 Å². The van der Waals surface area contributed by atoms with E-state index in [9.17, 15) is 4.39 Å². The summed E-state index contributed by atoms with van der Waals surface area (Å²) < 4.78 is 25.0. The van der Waals surface area contributed by atoms with Gasteiger partial charge in [-0.2, -0.15) is 11.8 Å². The Bertz CT molecular complexity index is 863. The lowest BCUT2D eigenvalue weighted by molar-refractivity contribution is -0.0390. The third-order valence-electron chi connectivity index (χ3n) is 5.24. The Labute approximate surface area is 212 Å². The maximum atomic E-state index is 13.6. The Balaban J connectivity index is 0.00000363. The molecule has 8 heteroatoms. The van der Waals surface area contributed by atoms with Gasteiger partial charge >= 0.3 is 0 Å². The molecule has 0 bridgehead atoms. The maximum Gasteiger partial charge on any atom is 0.191 e. The summed E-state index contributed by atoms with van der Waals surface area (Å²) in [6, 6.07) is 13.4. The van der Waals surface area contributed by atoms with Crippen molar-refractivity contribution >= 4 is 41.7 Å². The summed E-state index contributed by atoms with van der Waals surface area (Å²) in [6.45, 7) is 3.45. The van der Waals surface area contributed by atoms with Crippen LogP contribution in [0.5, 0.6) is 0 Å². The molecule has 1 heterocycles. The molecule has 1 aliphatic heterocycles. The SMILES string of the molecule is CN=C(NCc1cccc(COC2CCOCC2)c1)NCc1ccc(F)cc1CSC.I. The molecule has 0 saturated carbocycles. The number of aliphatic imine (C=N–C) groups is 1. The van der Waals surface area contributed by atoms with Crippen LogP contribution in [0.4, 0.5) is 4.39 Å². The van der Waals surface area contributed by atoms with Crippen LogP contribution >= 0.6 is 35.7 Å². The van der Waals surface area contributed by atoms with Crippen LogP contribution in [0.2, 0.25) is 0 Å². The molecule has 0 aliphatic carbocycles. The van der Waals surface area contributed by atoms with Crippen molar-refractivity contribution in [2.45, 2.75) is 44.4 Å². The number of hydrogen-bond donors (Lipinski definition) is 2.